The monoisotopic (exact) mass is 222 g/mol. The van der Waals surface area contributed by atoms with Crippen LogP contribution in [0.15, 0.2) is 18.2 Å². The lowest BCUT2D eigenvalue weighted by molar-refractivity contribution is -0.219. The first kappa shape index (κ1) is 11.2. The van der Waals surface area contributed by atoms with Gasteiger partial charge >= 0.3 is 0 Å². The Kier molecular flexibility index (Phi) is 2.78. The molecule has 1 heterocycles. The molecule has 2 N–H and O–H groups in total. The average molecular weight is 222 g/mol. The van der Waals surface area contributed by atoms with E-state index in [9.17, 15) is 0 Å². The number of methoxy groups -OCH3 is 2. The maximum atomic E-state index is 5.79. The van der Waals surface area contributed by atoms with Crippen molar-refractivity contribution >= 4 is 11.4 Å². The topological polar surface area (TPSA) is 47.7 Å². The number of benzene rings is 1. The van der Waals surface area contributed by atoms with Crippen LogP contribution in [0, 0.1) is 6.92 Å². The van der Waals surface area contributed by atoms with Crippen LogP contribution in [0.4, 0.5) is 11.4 Å². The van der Waals surface area contributed by atoms with Gasteiger partial charge in [0.05, 0.1) is 13.1 Å². The smallest absolute Gasteiger partial charge is 0.203 e. The zero-order valence-corrected chi connectivity index (χ0v) is 9.99. The van der Waals surface area contributed by atoms with Crippen molar-refractivity contribution < 1.29 is 9.47 Å². The van der Waals surface area contributed by atoms with Gasteiger partial charge in [-0.1, -0.05) is 6.07 Å². The number of rotatable bonds is 3. The molecule has 2 rings (SSSR count). The lowest BCUT2D eigenvalue weighted by Gasteiger charge is -2.49. The van der Waals surface area contributed by atoms with Gasteiger partial charge in [0.25, 0.3) is 0 Å². The molecule has 0 saturated carbocycles. The molecule has 0 spiro atoms. The van der Waals surface area contributed by atoms with Crippen molar-refractivity contribution in [2.45, 2.75) is 12.7 Å². The molecule has 4 heteroatoms. The fraction of sp³-hybridized carbons (Fsp3) is 0.500. The SMILES string of the molecule is COC1(OC)CN(c2cc(N)ccc2C)C1. The van der Waals surface area contributed by atoms with Crippen molar-refractivity contribution in [3.63, 3.8) is 0 Å². The van der Waals surface area contributed by atoms with Gasteiger partial charge in [0, 0.05) is 25.6 Å². The van der Waals surface area contributed by atoms with E-state index in [4.69, 9.17) is 15.2 Å². The van der Waals surface area contributed by atoms with Gasteiger partial charge in [0.15, 0.2) is 0 Å². The highest BCUT2D eigenvalue weighted by Crippen LogP contribution is 2.33. The van der Waals surface area contributed by atoms with Gasteiger partial charge in [-0.3, -0.25) is 0 Å². The van der Waals surface area contributed by atoms with Gasteiger partial charge in [0.1, 0.15) is 0 Å². The summed E-state index contributed by atoms with van der Waals surface area (Å²) in [6, 6.07) is 5.94. The van der Waals surface area contributed by atoms with E-state index in [0.717, 1.165) is 24.5 Å². The molecule has 0 unspecified atom stereocenters. The molecule has 1 aliphatic heterocycles. The van der Waals surface area contributed by atoms with Crippen LogP contribution >= 0.6 is 0 Å². The Morgan fingerprint density at radius 1 is 1.25 bits per heavy atom. The number of hydrogen-bond acceptors (Lipinski definition) is 4. The van der Waals surface area contributed by atoms with Crippen LogP contribution < -0.4 is 10.6 Å². The van der Waals surface area contributed by atoms with E-state index in [2.05, 4.69) is 11.8 Å². The predicted molar refractivity (Wildman–Crippen MR) is 64.6 cm³/mol. The van der Waals surface area contributed by atoms with Crippen molar-refractivity contribution in [3.8, 4) is 0 Å². The quantitative estimate of drug-likeness (QED) is 0.620. The Hall–Kier alpha value is -1.26. The first-order valence-corrected chi connectivity index (χ1v) is 5.31. The second-order valence-electron chi connectivity index (χ2n) is 4.22. The van der Waals surface area contributed by atoms with E-state index in [1.54, 1.807) is 14.2 Å². The zero-order chi connectivity index (χ0) is 11.8. The summed E-state index contributed by atoms with van der Waals surface area (Å²) >= 11 is 0. The van der Waals surface area contributed by atoms with Gasteiger partial charge in [-0.05, 0) is 24.6 Å². The number of nitrogens with zero attached hydrogens (tertiary/aromatic N) is 1. The van der Waals surface area contributed by atoms with Crippen LogP contribution in [0.5, 0.6) is 0 Å². The van der Waals surface area contributed by atoms with E-state index < -0.39 is 5.79 Å². The minimum Gasteiger partial charge on any atom is -0.399 e. The second kappa shape index (κ2) is 3.96. The molecule has 16 heavy (non-hydrogen) atoms. The van der Waals surface area contributed by atoms with Crippen LogP contribution in [-0.4, -0.2) is 33.1 Å². The van der Waals surface area contributed by atoms with Crippen molar-refractivity contribution in [1.29, 1.82) is 0 Å². The maximum absolute atomic E-state index is 5.79. The van der Waals surface area contributed by atoms with E-state index >= 15 is 0 Å². The molecule has 88 valence electrons. The predicted octanol–water partition coefficient (Wildman–Crippen LogP) is 1.39. The zero-order valence-electron chi connectivity index (χ0n) is 9.99. The summed E-state index contributed by atoms with van der Waals surface area (Å²) in [4.78, 5) is 2.21. The molecule has 0 aliphatic carbocycles. The molecule has 0 atom stereocenters. The number of nitrogen functional groups attached to an aromatic ring is 1. The third-order valence-corrected chi connectivity index (χ3v) is 3.18. The third kappa shape index (κ3) is 1.74. The van der Waals surface area contributed by atoms with Gasteiger partial charge in [-0.25, -0.2) is 0 Å². The summed E-state index contributed by atoms with van der Waals surface area (Å²) in [6.07, 6.45) is 0. The molecule has 4 nitrogen and oxygen atoms in total. The number of aryl methyl sites for hydroxylation is 1. The molecular formula is C12H18N2O2. The van der Waals surface area contributed by atoms with E-state index in [1.807, 2.05) is 18.2 Å². The van der Waals surface area contributed by atoms with E-state index in [0.29, 0.717) is 0 Å². The Balaban J connectivity index is 2.14. The Bertz CT molecular complexity index is 381. The van der Waals surface area contributed by atoms with Crippen LogP contribution in [0.2, 0.25) is 0 Å². The number of ether oxygens (including phenoxy) is 2. The molecule has 0 bridgehead atoms. The molecular weight excluding hydrogens is 204 g/mol. The summed E-state index contributed by atoms with van der Waals surface area (Å²) in [7, 11) is 3.35. The molecule has 0 amide bonds. The standard InChI is InChI=1S/C12H18N2O2/c1-9-4-5-10(13)6-11(9)14-7-12(8-14,15-2)16-3/h4-6H,7-8,13H2,1-3H3. The highest BCUT2D eigenvalue weighted by molar-refractivity contribution is 5.62. The number of anilines is 2. The van der Waals surface area contributed by atoms with Crippen LogP contribution in [0.3, 0.4) is 0 Å². The van der Waals surface area contributed by atoms with Gasteiger partial charge in [0.2, 0.25) is 5.79 Å². The Morgan fingerprint density at radius 3 is 2.44 bits per heavy atom. The minimum absolute atomic E-state index is 0.447. The van der Waals surface area contributed by atoms with E-state index in [1.165, 1.54) is 5.56 Å². The highest BCUT2D eigenvalue weighted by atomic mass is 16.7. The summed E-state index contributed by atoms with van der Waals surface area (Å²) < 4.78 is 10.7. The van der Waals surface area contributed by atoms with Crippen molar-refractivity contribution in [2.75, 3.05) is 37.9 Å². The van der Waals surface area contributed by atoms with E-state index in [-0.39, 0.29) is 0 Å². The summed E-state index contributed by atoms with van der Waals surface area (Å²) in [6.45, 7) is 3.56. The third-order valence-electron chi connectivity index (χ3n) is 3.18. The van der Waals surface area contributed by atoms with Gasteiger partial charge in [-0.2, -0.15) is 0 Å². The first-order chi connectivity index (χ1) is 7.60. The van der Waals surface area contributed by atoms with Crippen LogP contribution in [0.25, 0.3) is 0 Å². The lowest BCUT2D eigenvalue weighted by atomic mass is 10.0. The first-order valence-electron chi connectivity index (χ1n) is 5.31. The molecule has 1 fully saturated rings. The van der Waals surface area contributed by atoms with Crippen molar-refractivity contribution in [3.05, 3.63) is 23.8 Å². The average Bonchev–Trinajstić information content (AvgIpc) is 2.23. The fourth-order valence-electron chi connectivity index (χ4n) is 2.01. The molecule has 0 aromatic heterocycles. The van der Waals surface area contributed by atoms with Gasteiger partial charge < -0.3 is 20.1 Å². The molecule has 1 aromatic rings. The number of nitrogens with two attached hydrogens (primary N) is 1. The molecule has 0 radical (unpaired) electrons. The van der Waals surface area contributed by atoms with Crippen molar-refractivity contribution in [1.82, 2.24) is 0 Å². The van der Waals surface area contributed by atoms with Crippen molar-refractivity contribution in [2.24, 2.45) is 0 Å². The van der Waals surface area contributed by atoms with Gasteiger partial charge in [-0.15, -0.1) is 0 Å². The Morgan fingerprint density at radius 2 is 1.88 bits per heavy atom. The molecule has 1 aromatic carbocycles. The van der Waals surface area contributed by atoms with Crippen LogP contribution in [-0.2, 0) is 9.47 Å². The molecule has 1 saturated heterocycles. The summed E-state index contributed by atoms with van der Waals surface area (Å²) in [5.74, 6) is -0.447. The number of hydrogen-bond donors (Lipinski definition) is 1. The molecule has 1 aliphatic rings. The van der Waals surface area contributed by atoms with Crippen LogP contribution in [0.1, 0.15) is 5.56 Å². The normalized spacial score (nSPS) is 18.3. The fourth-order valence-corrected chi connectivity index (χ4v) is 2.01. The lowest BCUT2D eigenvalue weighted by Crippen LogP contribution is -2.64. The highest BCUT2D eigenvalue weighted by Gasteiger charge is 2.44. The summed E-state index contributed by atoms with van der Waals surface area (Å²) in [5.41, 5.74) is 8.95. The minimum atomic E-state index is -0.447. The second-order valence-corrected chi connectivity index (χ2v) is 4.22. The largest absolute Gasteiger partial charge is 0.399 e. The Labute approximate surface area is 95.9 Å². The summed E-state index contributed by atoms with van der Waals surface area (Å²) in [5, 5.41) is 0. The maximum Gasteiger partial charge on any atom is 0.203 e.